The van der Waals surface area contributed by atoms with Crippen molar-refractivity contribution >= 4 is 52.1 Å². The van der Waals surface area contributed by atoms with Gasteiger partial charge in [-0.25, -0.2) is 0 Å². The second-order valence-corrected chi connectivity index (χ2v) is 5.74. The van der Waals surface area contributed by atoms with Gasteiger partial charge in [-0.3, -0.25) is 4.79 Å². The van der Waals surface area contributed by atoms with E-state index in [0.717, 1.165) is 11.3 Å². The van der Waals surface area contributed by atoms with Crippen LogP contribution in [-0.2, 0) is 4.79 Å². The molecule has 2 aromatic carbocycles. The van der Waals surface area contributed by atoms with E-state index in [2.05, 4.69) is 10.6 Å². The Balaban J connectivity index is 1.94. The van der Waals surface area contributed by atoms with E-state index >= 15 is 0 Å². The number of carbonyl (C=O) groups is 1. The molecule has 2 N–H and O–H groups in total. The average molecular weight is 344 g/mol. The van der Waals surface area contributed by atoms with Crippen LogP contribution in [0.3, 0.4) is 0 Å². The molecule has 0 aliphatic rings. The van der Waals surface area contributed by atoms with Crippen LogP contribution in [0, 0.1) is 6.92 Å². The van der Waals surface area contributed by atoms with Gasteiger partial charge in [-0.15, -0.1) is 0 Å². The van der Waals surface area contributed by atoms with Crippen LogP contribution >= 0.6 is 34.8 Å². The maximum absolute atomic E-state index is 11.9. The van der Waals surface area contributed by atoms with Crippen LogP contribution in [0.4, 0.5) is 11.4 Å². The summed E-state index contributed by atoms with van der Waals surface area (Å²) in [4.78, 5) is 11.9. The summed E-state index contributed by atoms with van der Waals surface area (Å²) in [6.07, 6.45) is 0. The van der Waals surface area contributed by atoms with E-state index in [4.69, 9.17) is 34.8 Å². The highest BCUT2D eigenvalue weighted by Crippen LogP contribution is 2.25. The van der Waals surface area contributed by atoms with Crippen molar-refractivity contribution in [3.8, 4) is 0 Å². The lowest BCUT2D eigenvalue weighted by molar-refractivity contribution is -0.114. The Morgan fingerprint density at radius 1 is 1.05 bits per heavy atom. The number of anilines is 2. The van der Waals surface area contributed by atoms with E-state index in [1.54, 1.807) is 24.3 Å². The van der Waals surface area contributed by atoms with E-state index in [1.807, 2.05) is 19.1 Å². The Kier molecular flexibility index (Phi) is 5.34. The minimum atomic E-state index is -0.178. The maximum Gasteiger partial charge on any atom is 0.243 e. The summed E-state index contributed by atoms with van der Waals surface area (Å²) in [6, 6.07) is 10.4. The zero-order valence-corrected chi connectivity index (χ0v) is 13.5. The van der Waals surface area contributed by atoms with Crippen LogP contribution in [0.15, 0.2) is 36.4 Å². The fourth-order valence-electron chi connectivity index (χ4n) is 1.78. The zero-order chi connectivity index (χ0) is 15.4. The normalized spacial score (nSPS) is 10.3. The highest BCUT2D eigenvalue weighted by atomic mass is 35.5. The topological polar surface area (TPSA) is 41.1 Å². The number of benzene rings is 2. The minimum absolute atomic E-state index is 0.142. The standard InChI is InChI=1S/C15H13Cl3N2O/c1-9-6-10(16)2-5-14(9)19-8-15(21)20-11-3-4-12(17)13(18)7-11/h2-7,19H,8H2,1H3,(H,20,21). The van der Waals surface area contributed by atoms with Crippen LogP contribution < -0.4 is 10.6 Å². The molecule has 0 unspecified atom stereocenters. The van der Waals surface area contributed by atoms with Crippen LogP contribution in [0.5, 0.6) is 0 Å². The highest BCUT2D eigenvalue weighted by molar-refractivity contribution is 6.42. The molecule has 2 aromatic rings. The molecule has 0 aliphatic heterocycles. The molecule has 2 rings (SSSR count). The Labute approximate surface area is 138 Å². The predicted octanol–water partition coefficient (Wildman–Crippen LogP) is 5.01. The van der Waals surface area contributed by atoms with Crippen molar-refractivity contribution < 1.29 is 4.79 Å². The summed E-state index contributed by atoms with van der Waals surface area (Å²) in [6.45, 7) is 2.06. The van der Waals surface area contributed by atoms with E-state index < -0.39 is 0 Å². The first-order chi connectivity index (χ1) is 9.95. The van der Waals surface area contributed by atoms with Crippen molar-refractivity contribution in [2.75, 3.05) is 17.2 Å². The zero-order valence-electron chi connectivity index (χ0n) is 11.2. The van der Waals surface area contributed by atoms with Gasteiger partial charge < -0.3 is 10.6 Å². The third-order valence-corrected chi connectivity index (χ3v) is 3.81. The van der Waals surface area contributed by atoms with Gasteiger partial charge in [0.2, 0.25) is 5.91 Å². The summed E-state index contributed by atoms with van der Waals surface area (Å²) in [7, 11) is 0. The number of amides is 1. The lowest BCUT2D eigenvalue weighted by Gasteiger charge is -2.10. The molecule has 1 amide bonds. The van der Waals surface area contributed by atoms with E-state index in [9.17, 15) is 4.79 Å². The Hall–Kier alpha value is -1.42. The van der Waals surface area contributed by atoms with Crippen LogP contribution in [0.1, 0.15) is 5.56 Å². The molecule has 0 atom stereocenters. The molecular formula is C15H13Cl3N2O. The quantitative estimate of drug-likeness (QED) is 0.819. The summed E-state index contributed by atoms with van der Waals surface area (Å²) >= 11 is 17.6. The van der Waals surface area contributed by atoms with Crippen LogP contribution in [0.2, 0.25) is 15.1 Å². The first-order valence-corrected chi connectivity index (χ1v) is 7.34. The van der Waals surface area contributed by atoms with Gasteiger partial charge in [0.15, 0.2) is 0 Å². The number of hydrogen-bond acceptors (Lipinski definition) is 2. The van der Waals surface area contributed by atoms with Gasteiger partial charge in [-0.2, -0.15) is 0 Å². The number of halogens is 3. The van der Waals surface area contributed by atoms with Gasteiger partial charge in [0.05, 0.1) is 16.6 Å². The van der Waals surface area contributed by atoms with E-state index in [-0.39, 0.29) is 12.5 Å². The Bertz CT molecular complexity index is 674. The molecule has 0 saturated heterocycles. The van der Waals surface area contributed by atoms with Crippen LogP contribution in [0.25, 0.3) is 0 Å². The molecule has 0 radical (unpaired) electrons. The smallest absolute Gasteiger partial charge is 0.243 e. The van der Waals surface area contributed by atoms with Crippen molar-refractivity contribution in [1.82, 2.24) is 0 Å². The molecule has 0 aromatic heterocycles. The third-order valence-electron chi connectivity index (χ3n) is 2.83. The largest absolute Gasteiger partial charge is 0.376 e. The van der Waals surface area contributed by atoms with Gasteiger partial charge in [-0.05, 0) is 48.9 Å². The number of hydrogen-bond donors (Lipinski definition) is 2. The van der Waals surface area contributed by atoms with Gasteiger partial charge in [0.25, 0.3) is 0 Å². The van der Waals surface area contributed by atoms with Gasteiger partial charge in [0.1, 0.15) is 0 Å². The molecule has 0 heterocycles. The van der Waals surface area contributed by atoms with Gasteiger partial charge in [-0.1, -0.05) is 34.8 Å². The monoisotopic (exact) mass is 342 g/mol. The fraction of sp³-hybridized carbons (Fsp3) is 0.133. The molecular weight excluding hydrogens is 331 g/mol. The SMILES string of the molecule is Cc1cc(Cl)ccc1NCC(=O)Nc1ccc(Cl)c(Cl)c1. The van der Waals surface area contributed by atoms with Crippen molar-refractivity contribution in [2.45, 2.75) is 6.92 Å². The lowest BCUT2D eigenvalue weighted by atomic mass is 10.2. The third kappa shape index (κ3) is 4.53. The lowest BCUT2D eigenvalue weighted by Crippen LogP contribution is -2.22. The molecule has 21 heavy (non-hydrogen) atoms. The maximum atomic E-state index is 11.9. The highest BCUT2D eigenvalue weighted by Gasteiger charge is 2.06. The molecule has 110 valence electrons. The van der Waals surface area contributed by atoms with Crippen molar-refractivity contribution in [3.63, 3.8) is 0 Å². The van der Waals surface area contributed by atoms with E-state index in [0.29, 0.717) is 20.8 Å². The van der Waals surface area contributed by atoms with Crippen molar-refractivity contribution in [3.05, 3.63) is 57.0 Å². The van der Waals surface area contributed by atoms with E-state index in [1.165, 1.54) is 0 Å². The van der Waals surface area contributed by atoms with Crippen molar-refractivity contribution in [2.24, 2.45) is 0 Å². The fourth-order valence-corrected chi connectivity index (χ4v) is 2.30. The van der Waals surface area contributed by atoms with Crippen LogP contribution in [-0.4, -0.2) is 12.5 Å². The first kappa shape index (κ1) is 16.0. The summed E-state index contributed by atoms with van der Waals surface area (Å²) in [5.74, 6) is -0.178. The molecule has 0 bridgehead atoms. The number of rotatable bonds is 4. The molecule has 0 fully saturated rings. The summed E-state index contributed by atoms with van der Waals surface area (Å²) in [5.41, 5.74) is 2.44. The molecule has 6 heteroatoms. The second kappa shape index (κ2) is 7.03. The molecule has 3 nitrogen and oxygen atoms in total. The Morgan fingerprint density at radius 2 is 1.81 bits per heavy atom. The first-order valence-electron chi connectivity index (χ1n) is 6.20. The minimum Gasteiger partial charge on any atom is -0.376 e. The van der Waals surface area contributed by atoms with Gasteiger partial charge >= 0.3 is 0 Å². The molecule has 0 aliphatic carbocycles. The molecule has 0 saturated carbocycles. The van der Waals surface area contributed by atoms with Gasteiger partial charge in [0, 0.05) is 16.4 Å². The number of carbonyl (C=O) groups excluding carboxylic acids is 1. The predicted molar refractivity (Wildman–Crippen MR) is 89.8 cm³/mol. The molecule has 0 spiro atoms. The Morgan fingerprint density at radius 3 is 2.48 bits per heavy atom. The van der Waals surface area contributed by atoms with Crippen molar-refractivity contribution in [1.29, 1.82) is 0 Å². The number of nitrogens with one attached hydrogen (secondary N) is 2. The summed E-state index contributed by atoms with van der Waals surface area (Å²) < 4.78 is 0. The second-order valence-electron chi connectivity index (χ2n) is 4.49. The number of aryl methyl sites for hydroxylation is 1. The summed E-state index contributed by atoms with van der Waals surface area (Å²) in [5, 5.41) is 7.31. The average Bonchev–Trinajstić information content (AvgIpc) is 2.42.